The molecule has 260 valence electrons. The van der Waals surface area contributed by atoms with Crippen LogP contribution in [0.25, 0.3) is 22.2 Å². The van der Waals surface area contributed by atoms with E-state index in [1.54, 1.807) is 25.8 Å². The molecule has 3 aromatic heterocycles. The van der Waals surface area contributed by atoms with E-state index in [1.165, 1.54) is 0 Å². The number of nitrogens with two attached hydrogens (primary N) is 1. The van der Waals surface area contributed by atoms with Crippen molar-refractivity contribution in [3.8, 4) is 23.1 Å². The molecule has 0 saturated carbocycles. The molecule has 2 fully saturated rings. The highest BCUT2D eigenvalue weighted by molar-refractivity contribution is 5.96. The Balaban J connectivity index is 0.00000245. The van der Waals surface area contributed by atoms with Crippen LogP contribution in [-0.2, 0) is 6.18 Å². The van der Waals surface area contributed by atoms with Crippen molar-refractivity contribution >= 4 is 22.5 Å². The van der Waals surface area contributed by atoms with Gasteiger partial charge in [0.15, 0.2) is 17.5 Å². The first-order valence-electron chi connectivity index (χ1n) is 15.4. The molecular formula is C30H39F7N8O2. The predicted molar refractivity (Wildman–Crippen MR) is 163 cm³/mol. The third-order valence-corrected chi connectivity index (χ3v) is 8.15. The fraction of sp³-hybridized carbons (Fsp3) is 0.600. The fourth-order valence-corrected chi connectivity index (χ4v) is 5.68. The molecule has 0 aliphatic carbocycles. The summed E-state index contributed by atoms with van der Waals surface area (Å²) in [7, 11) is 1.69. The van der Waals surface area contributed by atoms with E-state index in [9.17, 15) is 22.0 Å². The summed E-state index contributed by atoms with van der Waals surface area (Å²) in [5, 5.41) is 5.78. The number of likely N-dealkylation sites (N-methyl/N-ethyl adjacent to an activating group) is 1. The maximum absolute atomic E-state index is 16.5. The molecule has 5 rings (SSSR count). The standard InChI is InChI=1S/C28H33F7N8O2.C2H6/c1-5-13(2)45-24-16-21(19(30)20(40-24)15-17(28(33,34)35)14(3)39-22(36)18(15)29)41-25(42-23(16)38-8-7-37-4)44-12-26-6-9-43(26)11-27(31,32)10-26;1-2/h13,37H,5-12H2,1-4H3,(H2,36,39)(H,38,41,42);1-2H3. The topological polar surface area (TPSA) is 123 Å². The van der Waals surface area contributed by atoms with Gasteiger partial charge in [0.2, 0.25) is 5.88 Å². The van der Waals surface area contributed by atoms with Gasteiger partial charge in [-0.2, -0.15) is 23.1 Å². The minimum atomic E-state index is -5.17. The lowest BCUT2D eigenvalue weighted by Crippen LogP contribution is -2.59. The van der Waals surface area contributed by atoms with Gasteiger partial charge in [0.05, 0.1) is 35.0 Å². The average molecular weight is 677 g/mol. The molecular weight excluding hydrogens is 637 g/mol. The van der Waals surface area contributed by atoms with E-state index in [1.807, 2.05) is 13.8 Å². The Bertz CT molecular complexity index is 1610. The van der Waals surface area contributed by atoms with Gasteiger partial charge < -0.3 is 25.8 Å². The number of hydrogen-bond donors (Lipinski definition) is 3. The van der Waals surface area contributed by atoms with E-state index in [2.05, 4.69) is 30.6 Å². The molecule has 0 spiro atoms. The third kappa shape index (κ3) is 7.10. The zero-order chi connectivity index (χ0) is 34.9. The molecule has 0 amide bonds. The van der Waals surface area contributed by atoms with Crippen molar-refractivity contribution < 1.29 is 40.2 Å². The lowest BCUT2D eigenvalue weighted by molar-refractivity contribution is -0.138. The van der Waals surface area contributed by atoms with Crippen molar-refractivity contribution in [2.24, 2.45) is 0 Å². The van der Waals surface area contributed by atoms with Crippen LogP contribution in [0.3, 0.4) is 0 Å². The van der Waals surface area contributed by atoms with Gasteiger partial charge in [-0.15, -0.1) is 0 Å². The van der Waals surface area contributed by atoms with Crippen molar-refractivity contribution in [1.82, 2.24) is 30.2 Å². The number of pyridine rings is 2. The van der Waals surface area contributed by atoms with E-state index in [4.69, 9.17) is 15.2 Å². The van der Waals surface area contributed by atoms with Crippen molar-refractivity contribution in [2.45, 2.75) is 77.6 Å². The number of nitrogens with one attached hydrogen (secondary N) is 2. The van der Waals surface area contributed by atoms with E-state index in [0.717, 1.165) is 6.92 Å². The van der Waals surface area contributed by atoms with Crippen molar-refractivity contribution in [3.63, 3.8) is 0 Å². The van der Waals surface area contributed by atoms with E-state index >= 15 is 8.78 Å². The Morgan fingerprint density at radius 2 is 1.77 bits per heavy atom. The molecule has 2 aliphatic heterocycles. The number of nitrogen functional groups attached to an aromatic ring is 1. The van der Waals surface area contributed by atoms with Crippen LogP contribution in [0, 0.1) is 18.6 Å². The van der Waals surface area contributed by atoms with Crippen LogP contribution in [0.15, 0.2) is 0 Å². The number of rotatable bonds is 11. The number of aryl methyl sites for hydroxylation is 1. The smallest absolute Gasteiger partial charge is 0.418 e. The maximum Gasteiger partial charge on any atom is 0.418 e. The predicted octanol–water partition coefficient (Wildman–Crippen LogP) is 5.97. The Morgan fingerprint density at radius 1 is 1.06 bits per heavy atom. The number of nitrogens with zero attached hydrogens (tertiary/aromatic N) is 5. The van der Waals surface area contributed by atoms with Crippen LogP contribution in [-0.4, -0.2) is 82.2 Å². The lowest BCUT2D eigenvalue weighted by Gasteiger charge is -2.46. The van der Waals surface area contributed by atoms with Crippen LogP contribution in [0.2, 0.25) is 0 Å². The van der Waals surface area contributed by atoms with E-state index < -0.39 is 88.2 Å². The molecule has 5 heterocycles. The highest BCUT2D eigenvalue weighted by Crippen LogP contribution is 2.48. The van der Waals surface area contributed by atoms with Gasteiger partial charge in [-0.1, -0.05) is 20.8 Å². The summed E-state index contributed by atoms with van der Waals surface area (Å²) in [6, 6.07) is -0.432. The highest BCUT2D eigenvalue weighted by atomic mass is 19.4. The molecule has 2 unspecified atom stereocenters. The molecule has 47 heavy (non-hydrogen) atoms. The quantitative estimate of drug-likeness (QED) is 0.165. The zero-order valence-electron chi connectivity index (χ0n) is 27.0. The summed E-state index contributed by atoms with van der Waals surface area (Å²) >= 11 is 0. The minimum absolute atomic E-state index is 0.0387. The first-order valence-corrected chi connectivity index (χ1v) is 15.4. The number of halogens is 7. The Kier molecular flexibility index (Phi) is 10.6. The van der Waals surface area contributed by atoms with Gasteiger partial charge in [-0.25, -0.2) is 27.5 Å². The molecule has 2 saturated heterocycles. The first-order chi connectivity index (χ1) is 22.1. The zero-order valence-corrected chi connectivity index (χ0v) is 27.0. The maximum atomic E-state index is 16.5. The molecule has 0 aromatic carbocycles. The van der Waals surface area contributed by atoms with Gasteiger partial charge in [-0.05, 0) is 33.7 Å². The average Bonchev–Trinajstić information content (AvgIpc) is 3.18. The minimum Gasteiger partial charge on any atom is -0.474 e. The Hall–Kier alpha value is -3.73. The second kappa shape index (κ2) is 13.8. The van der Waals surface area contributed by atoms with Crippen LogP contribution >= 0.6 is 0 Å². The molecule has 0 radical (unpaired) electrons. The third-order valence-electron chi connectivity index (χ3n) is 8.15. The molecule has 4 N–H and O–H groups in total. The summed E-state index contributed by atoms with van der Waals surface area (Å²) < 4.78 is 115. The van der Waals surface area contributed by atoms with E-state index in [-0.39, 0.29) is 30.2 Å². The number of alkyl halides is 5. The molecule has 2 aliphatic rings. The summed E-state index contributed by atoms with van der Waals surface area (Å²) in [6.07, 6.45) is -5.32. The summed E-state index contributed by atoms with van der Waals surface area (Å²) in [5.41, 5.74) is -0.557. The molecule has 17 heteroatoms. The summed E-state index contributed by atoms with van der Waals surface area (Å²) in [6.45, 7) is 8.84. The number of ether oxygens (including phenoxy) is 2. The van der Waals surface area contributed by atoms with E-state index in [0.29, 0.717) is 25.9 Å². The van der Waals surface area contributed by atoms with Crippen molar-refractivity contribution in [2.75, 3.05) is 50.9 Å². The second-order valence-electron chi connectivity index (χ2n) is 11.4. The Labute approximate surface area is 267 Å². The summed E-state index contributed by atoms with van der Waals surface area (Å²) in [4.78, 5) is 17.6. The summed E-state index contributed by atoms with van der Waals surface area (Å²) in [5.74, 6) is -7.27. The van der Waals surface area contributed by atoms with Crippen molar-refractivity contribution in [3.05, 3.63) is 22.9 Å². The van der Waals surface area contributed by atoms with Gasteiger partial charge in [0.1, 0.15) is 29.0 Å². The SMILES string of the molecule is CC.CCC(C)Oc1nc(-c2c(F)c(N)nc(C)c2C(F)(F)F)c(F)c2nc(OCC34CCN3CC(F)(F)C4)nc(NCCNC)c12. The largest absolute Gasteiger partial charge is 0.474 e. The van der Waals surface area contributed by atoms with Crippen molar-refractivity contribution in [1.29, 1.82) is 0 Å². The molecule has 2 atom stereocenters. The van der Waals surface area contributed by atoms with Gasteiger partial charge in [-0.3, -0.25) is 4.90 Å². The Morgan fingerprint density at radius 3 is 2.34 bits per heavy atom. The fourth-order valence-electron chi connectivity index (χ4n) is 5.68. The lowest BCUT2D eigenvalue weighted by atomic mass is 9.85. The first kappa shape index (κ1) is 36.1. The number of fused-ring (bicyclic) bond motifs is 2. The number of hydrogen-bond acceptors (Lipinski definition) is 10. The van der Waals surface area contributed by atoms with Gasteiger partial charge in [0.25, 0.3) is 5.92 Å². The second-order valence-corrected chi connectivity index (χ2v) is 11.4. The van der Waals surface area contributed by atoms with Crippen LogP contribution in [0.1, 0.15) is 58.2 Å². The monoisotopic (exact) mass is 676 g/mol. The van der Waals surface area contributed by atoms with Crippen LogP contribution < -0.4 is 25.8 Å². The number of anilines is 2. The molecule has 10 nitrogen and oxygen atoms in total. The van der Waals surface area contributed by atoms with Crippen LogP contribution in [0.5, 0.6) is 11.9 Å². The van der Waals surface area contributed by atoms with Crippen LogP contribution in [0.4, 0.5) is 42.4 Å². The normalized spacial score (nSPS) is 19.4. The molecule has 0 bridgehead atoms. The van der Waals surface area contributed by atoms with Gasteiger partial charge >= 0.3 is 12.2 Å². The van der Waals surface area contributed by atoms with Gasteiger partial charge in [0, 0.05) is 26.1 Å². The molecule has 3 aromatic rings. The highest BCUT2D eigenvalue weighted by Gasteiger charge is 2.60. The number of aromatic nitrogens is 4.